The van der Waals surface area contributed by atoms with E-state index >= 15 is 0 Å². The van der Waals surface area contributed by atoms with Gasteiger partial charge in [0, 0.05) is 38.8 Å². The minimum atomic E-state index is -0.670. The van der Waals surface area contributed by atoms with Crippen molar-refractivity contribution < 1.29 is 14.6 Å². The van der Waals surface area contributed by atoms with Crippen LogP contribution in [0.5, 0.6) is 0 Å². The Labute approximate surface area is 125 Å². The second-order valence-electron chi connectivity index (χ2n) is 6.02. The predicted molar refractivity (Wildman–Crippen MR) is 80.5 cm³/mol. The largest absolute Gasteiger partial charge is 0.392 e. The van der Waals surface area contributed by atoms with Gasteiger partial charge in [0.25, 0.3) is 0 Å². The zero-order valence-electron chi connectivity index (χ0n) is 12.7. The van der Waals surface area contributed by atoms with Crippen LogP contribution in [0.2, 0.25) is 0 Å². The van der Waals surface area contributed by atoms with Gasteiger partial charge in [0.15, 0.2) is 0 Å². The predicted octanol–water partition coefficient (Wildman–Crippen LogP) is 1.25. The summed E-state index contributed by atoms with van der Waals surface area (Å²) < 4.78 is 13.2. The van der Waals surface area contributed by atoms with E-state index in [4.69, 9.17) is 0 Å². The number of β-amino-alcohol motifs (C(OH)–C–C–N with tert-alkyl or cyclic N) is 2. The van der Waals surface area contributed by atoms with Gasteiger partial charge >= 0.3 is 0 Å². The van der Waals surface area contributed by atoms with E-state index in [1.807, 2.05) is 0 Å². The average molecular weight is 296 g/mol. The van der Waals surface area contributed by atoms with Crippen LogP contribution in [0, 0.1) is 5.82 Å². The Hall–Kier alpha value is -1.01. The maximum atomic E-state index is 13.2. The smallest absolute Gasteiger partial charge is 0.123 e. The number of rotatable bonds is 5. The molecule has 0 unspecified atom stereocenters. The highest BCUT2D eigenvalue weighted by molar-refractivity contribution is 5.19. The van der Waals surface area contributed by atoms with Gasteiger partial charge in [0.05, 0.1) is 12.2 Å². The number of nitrogens with zero attached hydrogens (tertiary/aromatic N) is 2. The number of piperazine rings is 1. The molecule has 2 N–H and O–H groups in total. The van der Waals surface area contributed by atoms with Crippen LogP contribution < -0.4 is 0 Å². The van der Waals surface area contributed by atoms with Crippen LogP contribution in [0.1, 0.15) is 25.5 Å². The van der Waals surface area contributed by atoms with Crippen molar-refractivity contribution in [1.82, 2.24) is 9.80 Å². The van der Waals surface area contributed by atoms with E-state index in [0.717, 1.165) is 19.6 Å². The van der Waals surface area contributed by atoms with Crippen molar-refractivity contribution in [3.05, 3.63) is 35.6 Å². The number of hydrogen-bond donors (Lipinski definition) is 2. The summed E-state index contributed by atoms with van der Waals surface area (Å²) >= 11 is 0. The molecule has 1 aromatic carbocycles. The molecule has 1 aromatic rings. The maximum absolute atomic E-state index is 13.2. The quantitative estimate of drug-likeness (QED) is 0.858. The lowest BCUT2D eigenvalue weighted by molar-refractivity contribution is 0.0240. The first-order chi connectivity index (χ1) is 9.95. The summed E-state index contributed by atoms with van der Waals surface area (Å²) in [5.41, 5.74) is 0.620. The summed E-state index contributed by atoms with van der Waals surface area (Å²) in [7, 11) is 0. The lowest BCUT2D eigenvalue weighted by Gasteiger charge is -2.41. The minimum Gasteiger partial charge on any atom is -0.392 e. The van der Waals surface area contributed by atoms with Crippen molar-refractivity contribution >= 4 is 0 Å². The Bertz CT molecular complexity index is 456. The maximum Gasteiger partial charge on any atom is 0.123 e. The first-order valence-corrected chi connectivity index (χ1v) is 7.53. The van der Waals surface area contributed by atoms with Crippen molar-refractivity contribution in [2.24, 2.45) is 0 Å². The van der Waals surface area contributed by atoms with Gasteiger partial charge in [0.2, 0.25) is 0 Å². The summed E-state index contributed by atoms with van der Waals surface area (Å²) in [5, 5.41) is 19.7. The fraction of sp³-hybridized carbons (Fsp3) is 0.625. The molecule has 4 nitrogen and oxygen atoms in total. The zero-order chi connectivity index (χ0) is 15.4. The van der Waals surface area contributed by atoms with E-state index in [0.29, 0.717) is 24.7 Å². The molecule has 0 amide bonds. The van der Waals surface area contributed by atoms with Gasteiger partial charge in [-0.15, -0.1) is 0 Å². The molecule has 1 fully saturated rings. The van der Waals surface area contributed by atoms with Gasteiger partial charge < -0.3 is 10.2 Å². The molecule has 0 spiro atoms. The van der Waals surface area contributed by atoms with Gasteiger partial charge in [-0.3, -0.25) is 9.80 Å². The third kappa shape index (κ3) is 4.74. The molecule has 0 aliphatic carbocycles. The second kappa shape index (κ2) is 7.31. The van der Waals surface area contributed by atoms with Gasteiger partial charge in [-0.25, -0.2) is 4.39 Å². The van der Waals surface area contributed by atoms with Crippen LogP contribution in [0.3, 0.4) is 0 Å². The van der Waals surface area contributed by atoms with E-state index in [2.05, 4.69) is 16.7 Å². The number of hydrogen-bond acceptors (Lipinski definition) is 4. The molecule has 118 valence electrons. The summed E-state index contributed by atoms with van der Waals surface area (Å²) in [6.45, 7) is 7.69. The van der Waals surface area contributed by atoms with E-state index in [9.17, 15) is 14.6 Å². The average Bonchev–Trinajstić information content (AvgIpc) is 2.41. The third-order valence-corrected chi connectivity index (χ3v) is 4.01. The van der Waals surface area contributed by atoms with Crippen LogP contribution in [-0.2, 0) is 0 Å². The van der Waals surface area contributed by atoms with Crippen molar-refractivity contribution in [2.75, 3.05) is 32.7 Å². The first-order valence-electron chi connectivity index (χ1n) is 7.53. The number of aliphatic hydroxyl groups excluding tert-OH is 2. The summed E-state index contributed by atoms with van der Waals surface area (Å²) in [6, 6.07) is 6.48. The fourth-order valence-electron chi connectivity index (χ4n) is 2.91. The molecular formula is C16H25FN2O2. The molecule has 0 saturated carbocycles. The highest BCUT2D eigenvalue weighted by atomic mass is 19.1. The molecule has 21 heavy (non-hydrogen) atoms. The highest BCUT2D eigenvalue weighted by Gasteiger charge is 2.25. The van der Waals surface area contributed by atoms with Crippen molar-refractivity contribution in [2.45, 2.75) is 32.1 Å². The summed E-state index contributed by atoms with van der Waals surface area (Å²) in [4.78, 5) is 4.45. The van der Waals surface area contributed by atoms with Crippen molar-refractivity contribution in [3.8, 4) is 0 Å². The van der Waals surface area contributed by atoms with Gasteiger partial charge in [-0.2, -0.15) is 0 Å². The summed E-state index contributed by atoms with van der Waals surface area (Å²) in [6.07, 6.45) is -0.993. The highest BCUT2D eigenvalue weighted by Crippen LogP contribution is 2.18. The van der Waals surface area contributed by atoms with Crippen LogP contribution in [0.15, 0.2) is 24.3 Å². The molecule has 1 aliphatic heterocycles. The number of aliphatic hydroxyl groups is 2. The Morgan fingerprint density at radius 1 is 1.29 bits per heavy atom. The standard InChI is InChI=1S/C16H25FN2O2/c1-12-9-18(6-7-19(12)10-13(2)20)11-16(21)14-4-3-5-15(17)8-14/h3-5,8,12-13,16,20-21H,6-7,9-11H2,1-2H3/t12-,13+,16+/m1/s1. The van der Waals surface area contributed by atoms with Crippen molar-refractivity contribution in [1.29, 1.82) is 0 Å². The first kappa shape index (κ1) is 16.4. The summed E-state index contributed by atoms with van der Waals surface area (Å²) in [5.74, 6) is -0.318. The molecule has 3 atom stereocenters. The molecule has 0 radical (unpaired) electrons. The Balaban J connectivity index is 1.87. The van der Waals surface area contributed by atoms with Crippen LogP contribution in [0.25, 0.3) is 0 Å². The molecule has 5 heteroatoms. The topological polar surface area (TPSA) is 46.9 Å². The Morgan fingerprint density at radius 2 is 2.05 bits per heavy atom. The molecule has 0 aromatic heterocycles. The van der Waals surface area contributed by atoms with Crippen molar-refractivity contribution in [3.63, 3.8) is 0 Å². The molecule has 1 heterocycles. The van der Waals surface area contributed by atoms with Gasteiger partial charge in [0.1, 0.15) is 5.82 Å². The van der Waals surface area contributed by atoms with E-state index in [-0.39, 0.29) is 11.9 Å². The molecule has 2 rings (SSSR count). The number of benzene rings is 1. The van der Waals surface area contributed by atoms with Gasteiger partial charge in [-0.05, 0) is 31.5 Å². The SMILES string of the molecule is C[C@H](O)CN1CCN(C[C@H](O)c2cccc(F)c2)C[C@H]1C. The lowest BCUT2D eigenvalue weighted by atomic mass is 10.1. The Kier molecular flexibility index (Phi) is 5.70. The van der Waals surface area contributed by atoms with Crippen LogP contribution in [0.4, 0.5) is 4.39 Å². The normalized spacial score (nSPS) is 24.0. The third-order valence-electron chi connectivity index (χ3n) is 4.01. The molecule has 0 bridgehead atoms. The van der Waals surface area contributed by atoms with Gasteiger partial charge in [-0.1, -0.05) is 12.1 Å². The Morgan fingerprint density at radius 3 is 2.67 bits per heavy atom. The van der Waals surface area contributed by atoms with E-state index in [1.165, 1.54) is 12.1 Å². The minimum absolute atomic E-state index is 0.318. The van der Waals surface area contributed by atoms with E-state index in [1.54, 1.807) is 19.1 Å². The molecule has 1 aliphatic rings. The second-order valence-corrected chi connectivity index (χ2v) is 6.02. The molecular weight excluding hydrogens is 271 g/mol. The zero-order valence-corrected chi connectivity index (χ0v) is 12.7. The van der Waals surface area contributed by atoms with Crippen LogP contribution >= 0.6 is 0 Å². The monoisotopic (exact) mass is 296 g/mol. The fourth-order valence-corrected chi connectivity index (χ4v) is 2.91. The lowest BCUT2D eigenvalue weighted by Crippen LogP contribution is -2.54. The van der Waals surface area contributed by atoms with Crippen LogP contribution in [-0.4, -0.2) is 64.9 Å². The molecule has 1 saturated heterocycles. The van der Waals surface area contributed by atoms with E-state index < -0.39 is 6.10 Å². The number of halogens is 1.